The molecule has 1 heterocycles. The van der Waals surface area contributed by atoms with Crippen molar-refractivity contribution in [1.82, 2.24) is 4.98 Å². The first-order valence-corrected chi connectivity index (χ1v) is 6.56. The number of methoxy groups -OCH3 is 1. The summed E-state index contributed by atoms with van der Waals surface area (Å²) in [6.45, 7) is 4.89. The summed E-state index contributed by atoms with van der Waals surface area (Å²) in [6, 6.07) is 7.78. The Balaban J connectivity index is 2.14. The van der Waals surface area contributed by atoms with Gasteiger partial charge in [0.2, 0.25) is 0 Å². The quantitative estimate of drug-likeness (QED) is 0.909. The monoisotopic (exact) mass is 272 g/mol. The third-order valence-electron chi connectivity index (χ3n) is 3.26. The average molecular weight is 272 g/mol. The molecule has 2 aromatic rings. The number of aryl methyl sites for hydroxylation is 1. The van der Waals surface area contributed by atoms with E-state index in [9.17, 15) is 0 Å². The predicted molar refractivity (Wildman–Crippen MR) is 78.9 cm³/mol. The van der Waals surface area contributed by atoms with Gasteiger partial charge in [-0.25, -0.2) is 0 Å². The number of nitrogens with zero attached hydrogens (tertiary/aromatic N) is 1. The minimum absolute atomic E-state index is 0.413. The van der Waals surface area contributed by atoms with E-state index in [4.69, 9.17) is 15.2 Å². The summed E-state index contributed by atoms with van der Waals surface area (Å²) in [4.78, 5) is 4.41. The Bertz CT molecular complexity index is 597. The van der Waals surface area contributed by atoms with Crippen LogP contribution in [0.4, 0.5) is 0 Å². The van der Waals surface area contributed by atoms with Crippen LogP contribution in [0, 0.1) is 13.8 Å². The molecule has 0 unspecified atom stereocenters. The topological polar surface area (TPSA) is 57.4 Å². The highest BCUT2D eigenvalue weighted by Gasteiger charge is 2.10. The van der Waals surface area contributed by atoms with E-state index in [0.717, 1.165) is 33.9 Å². The van der Waals surface area contributed by atoms with Gasteiger partial charge in [0.25, 0.3) is 0 Å². The molecule has 0 atom stereocenters. The first-order valence-electron chi connectivity index (χ1n) is 6.56. The van der Waals surface area contributed by atoms with Crippen LogP contribution in [0.5, 0.6) is 11.5 Å². The van der Waals surface area contributed by atoms with Crippen LogP contribution < -0.4 is 15.2 Å². The van der Waals surface area contributed by atoms with Crippen molar-refractivity contribution in [3.8, 4) is 11.5 Å². The van der Waals surface area contributed by atoms with E-state index >= 15 is 0 Å². The van der Waals surface area contributed by atoms with Gasteiger partial charge < -0.3 is 15.2 Å². The number of aromatic nitrogens is 1. The van der Waals surface area contributed by atoms with E-state index in [-0.39, 0.29) is 0 Å². The lowest BCUT2D eigenvalue weighted by Gasteiger charge is -2.13. The molecule has 1 aromatic carbocycles. The molecule has 0 amide bonds. The van der Waals surface area contributed by atoms with E-state index in [1.807, 2.05) is 38.1 Å². The summed E-state index contributed by atoms with van der Waals surface area (Å²) >= 11 is 0. The van der Waals surface area contributed by atoms with Crippen molar-refractivity contribution in [2.45, 2.75) is 27.0 Å². The molecule has 20 heavy (non-hydrogen) atoms. The Labute approximate surface area is 119 Å². The summed E-state index contributed by atoms with van der Waals surface area (Å²) in [5, 5.41) is 0. The number of hydrogen-bond acceptors (Lipinski definition) is 4. The van der Waals surface area contributed by atoms with E-state index in [1.165, 1.54) is 0 Å². The van der Waals surface area contributed by atoms with Crippen LogP contribution in [0.15, 0.2) is 30.5 Å². The van der Waals surface area contributed by atoms with Gasteiger partial charge in [0.1, 0.15) is 18.1 Å². The fraction of sp³-hybridized carbons (Fsp3) is 0.312. The molecule has 0 aliphatic carbocycles. The average Bonchev–Trinajstić information content (AvgIpc) is 2.47. The molecule has 0 aliphatic heterocycles. The van der Waals surface area contributed by atoms with Crippen molar-refractivity contribution >= 4 is 0 Å². The minimum atomic E-state index is 0.413. The number of hydrogen-bond donors (Lipinski definition) is 1. The van der Waals surface area contributed by atoms with Crippen molar-refractivity contribution in [3.05, 3.63) is 52.8 Å². The van der Waals surface area contributed by atoms with Crippen molar-refractivity contribution < 1.29 is 9.47 Å². The van der Waals surface area contributed by atoms with Crippen LogP contribution >= 0.6 is 0 Å². The second-order valence-electron chi connectivity index (χ2n) is 4.69. The normalized spacial score (nSPS) is 10.4. The standard InChI is InChI=1S/C16H20N2O2/c1-11-9-18-15(12(2)16(11)19-3)10-20-14-6-4-5-13(7-14)8-17/h4-7,9H,8,10,17H2,1-3H3. The lowest BCUT2D eigenvalue weighted by atomic mass is 10.1. The number of nitrogens with two attached hydrogens (primary N) is 1. The molecule has 0 aliphatic rings. The molecule has 106 valence electrons. The van der Waals surface area contributed by atoms with Gasteiger partial charge >= 0.3 is 0 Å². The predicted octanol–water partition coefficient (Wildman–Crippen LogP) is 2.74. The summed E-state index contributed by atoms with van der Waals surface area (Å²) in [6.07, 6.45) is 1.81. The molecule has 4 heteroatoms. The van der Waals surface area contributed by atoms with E-state index in [1.54, 1.807) is 13.3 Å². The third kappa shape index (κ3) is 3.08. The molecule has 2 N–H and O–H groups in total. The maximum atomic E-state index is 5.78. The van der Waals surface area contributed by atoms with Gasteiger partial charge in [0, 0.05) is 23.9 Å². The van der Waals surface area contributed by atoms with Crippen LogP contribution in [0.3, 0.4) is 0 Å². The number of pyridine rings is 1. The second-order valence-corrected chi connectivity index (χ2v) is 4.69. The van der Waals surface area contributed by atoms with Crippen LogP contribution in [0.1, 0.15) is 22.4 Å². The van der Waals surface area contributed by atoms with Gasteiger partial charge in [-0.1, -0.05) is 12.1 Å². The fourth-order valence-electron chi connectivity index (χ4n) is 2.13. The van der Waals surface area contributed by atoms with Crippen LogP contribution in [0.2, 0.25) is 0 Å². The first-order chi connectivity index (χ1) is 9.65. The van der Waals surface area contributed by atoms with E-state index in [2.05, 4.69) is 4.98 Å². The van der Waals surface area contributed by atoms with Crippen molar-refractivity contribution in [2.75, 3.05) is 7.11 Å². The first kappa shape index (κ1) is 14.3. The van der Waals surface area contributed by atoms with Gasteiger partial charge in [-0.05, 0) is 31.5 Å². The Morgan fingerprint density at radius 1 is 1.25 bits per heavy atom. The number of rotatable bonds is 5. The van der Waals surface area contributed by atoms with E-state index in [0.29, 0.717) is 13.2 Å². The highest BCUT2D eigenvalue weighted by molar-refractivity contribution is 5.41. The maximum absolute atomic E-state index is 5.78. The molecule has 0 radical (unpaired) electrons. The highest BCUT2D eigenvalue weighted by atomic mass is 16.5. The third-order valence-corrected chi connectivity index (χ3v) is 3.26. The SMILES string of the molecule is COc1c(C)cnc(COc2cccc(CN)c2)c1C. The Kier molecular flexibility index (Phi) is 4.58. The Morgan fingerprint density at radius 3 is 2.75 bits per heavy atom. The Hall–Kier alpha value is -2.07. The molecule has 1 aromatic heterocycles. The molecule has 0 saturated heterocycles. The van der Waals surface area contributed by atoms with Gasteiger partial charge in [-0.2, -0.15) is 0 Å². The van der Waals surface area contributed by atoms with Gasteiger partial charge in [-0.3, -0.25) is 4.98 Å². The highest BCUT2D eigenvalue weighted by Crippen LogP contribution is 2.25. The van der Waals surface area contributed by atoms with Gasteiger partial charge in [-0.15, -0.1) is 0 Å². The number of benzene rings is 1. The maximum Gasteiger partial charge on any atom is 0.131 e. The lowest BCUT2D eigenvalue weighted by molar-refractivity contribution is 0.298. The van der Waals surface area contributed by atoms with Crippen molar-refractivity contribution in [1.29, 1.82) is 0 Å². The number of ether oxygens (including phenoxy) is 2. The van der Waals surface area contributed by atoms with Gasteiger partial charge in [0.05, 0.1) is 12.8 Å². The molecular weight excluding hydrogens is 252 g/mol. The zero-order chi connectivity index (χ0) is 14.5. The lowest BCUT2D eigenvalue weighted by Crippen LogP contribution is -2.04. The smallest absolute Gasteiger partial charge is 0.131 e. The van der Waals surface area contributed by atoms with Crippen LogP contribution in [-0.4, -0.2) is 12.1 Å². The summed E-state index contributed by atoms with van der Waals surface area (Å²) in [7, 11) is 1.67. The summed E-state index contributed by atoms with van der Waals surface area (Å²) < 4.78 is 11.2. The molecular formula is C16H20N2O2. The van der Waals surface area contributed by atoms with Gasteiger partial charge in [0.15, 0.2) is 0 Å². The Morgan fingerprint density at radius 2 is 2.05 bits per heavy atom. The van der Waals surface area contributed by atoms with Crippen LogP contribution in [-0.2, 0) is 13.2 Å². The zero-order valence-corrected chi connectivity index (χ0v) is 12.1. The molecule has 0 fully saturated rings. The zero-order valence-electron chi connectivity index (χ0n) is 12.1. The largest absolute Gasteiger partial charge is 0.496 e. The molecule has 0 bridgehead atoms. The molecule has 4 nitrogen and oxygen atoms in total. The molecule has 0 saturated carbocycles. The summed E-state index contributed by atoms with van der Waals surface area (Å²) in [5.41, 5.74) is 9.59. The fourth-order valence-corrected chi connectivity index (χ4v) is 2.13. The van der Waals surface area contributed by atoms with Crippen molar-refractivity contribution in [3.63, 3.8) is 0 Å². The molecule has 2 rings (SSSR count). The van der Waals surface area contributed by atoms with Crippen LogP contribution in [0.25, 0.3) is 0 Å². The molecule has 0 spiro atoms. The van der Waals surface area contributed by atoms with Crippen molar-refractivity contribution in [2.24, 2.45) is 5.73 Å². The minimum Gasteiger partial charge on any atom is -0.496 e. The van der Waals surface area contributed by atoms with E-state index < -0.39 is 0 Å². The summed E-state index contributed by atoms with van der Waals surface area (Å²) in [5.74, 6) is 1.67. The second kappa shape index (κ2) is 6.39.